The molecule has 0 bridgehead atoms. The van der Waals surface area contributed by atoms with Crippen LogP contribution in [0.4, 0.5) is 11.4 Å². The minimum Gasteiger partial charge on any atom is -0.492 e. The summed E-state index contributed by atoms with van der Waals surface area (Å²) in [6.07, 6.45) is 1.53. The molecule has 2 aromatic carbocycles. The number of anilines is 2. The van der Waals surface area contributed by atoms with Gasteiger partial charge < -0.3 is 15.4 Å². The van der Waals surface area contributed by atoms with Gasteiger partial charge in [0.1, 0.15) is 16.3 Å². The maximum Gasteiger partial charge on any atom is 0.274 e. The third kappa shape index (κ3) is 5.73. The van der Waals surface area contributed by atoms with E-state index in [0.717, 1.165) is 4.31 Å². The fourth-order valence-electron chi connectivity index (χ4n) is 2.86. The summed E-state index contributed by atoms with van der Waals surface area (Å²) < 4.78 is 31.8. The van der Waals surface area contributed by atoms with Gasteiger partial charge in [0.2, 0.25) is 10.0 Å². The first-order chi connectivity index (χ1) is 15.7. The number of sulfonamides is 1. The lowest BCUT2D eigenvalue weighted by atomic mass is 10.2. The number of rotatable bonds is 8. The van der Waals surface area contributed by atoms with Gasteiger partial charge in [0, 0.05) is 37.2 Å². The molecule has 0 aliphatic carbocycles. The van der Waals surface area contributed by atoms with Gasteiger partial charge in [-0.25, -0.2) is 12.7 Å². The zero-order valence-electron chi connectivity index (χ0n) is 18.4. The zero-order valence-corrected chi connectivity index (χ0v) is 19.2. The average molecular weight is 469 g/mol. The van der Waals surface area contributed by atoms with Crippen LogP contribution in [0.5, 0.6) is 5.75 Å². The van der Waals surface area contributed by atoms with Crippen molar-refractivity contribution in [1.82, 2.24) is 9.29 Å². The molecule has 9 nitrogen and oxygen atoms in total. The van der Waals surface area contributed by atoms with E-state index >= 15 is 0 Å². The standard InChI is InChI=1S/C23H24N4O5S/c1-4-32-20-13-12-18(15-21(20)33(30,31)27(2)3)26-22(28)16-8-10-17(11-9-16)25-23(29)19-7-5-6-14-24-19/h5-15H,4H2,1-3H3,(H,25,29)(H,26,28). The van der Waals surface area contributed by atoms with Gasteiger partial charge in [0.15, 0.2) is 0 Å². The van der Waals surface area contributed by atoms with Crippen molar-refractivity contribution in [1.29, 1.82) is 0 Å². The Bertz CT molecular complexity index is 1240. The second-order valence-electron chi connectivity index (χ2n) is 7.08. The molecule has 0 fully saturated rings. The summed E-state index contributed by atoms with van der Waals surface area (Å²) in [7, 11) is -0.939. The number of carbonyl (C=O) groups excluding carboxylic acids is 2. The third-order valence-corrected chi connectivity index (χ3v) is 6.40. The van der Waals surface area contributed by atoms with Crippen molar-refractivity contribution in [3.8, 4) is 5.75 Å². The molecule has 10 heteroatoms. The van der Waals surface area contributed by atoms with Gasteiger partial charge in [0.05, 0.1) is 6.61 Å². The van der Waals surface area contributed by atoms with Crippen molar-refractivity contribution in [2.75, 3.05) is 31.3 Å². The highest BCUT2D eigenvalue weighted by Crippen LogP contribution is 2.29. The van der Waals surface area contributed by atoms with E-state index in [1.54, 1.807) is 55.5 Å². The summed E-state index contributed by atoms with van der Waals surface area (Å²) in [4.78, 5) is 28.8. The smallest absolute Gasteiger partial charge is 0.274 e. The highest BCUT2D eigenvalue weighted by atomic mass is 32.2. The number of hydrogen-bond donors (Lipinski definition) is 2. The molecule has 0 aliphatic heterocycles. The van der Waals surface area contributed by atoms with Crippen LogP contribution in [0.2, 0.25) is 0 Å². The Labute approximate surface area is 192 Å². The normalized spacial score (nSPS) is 11.2. The Balaban J connectivity index is 1.75. The van der Waals surface area contributed by atoms with E-state index in [4.69, 9.17) is 4.74 Å². The van der Waals surface area contributed by atoms with Crippen molar-refractivity contribution in [2.45, 2.75) is 11.8 Å². The number of carbonyl (C=O) groups is 2. The van der Waals surface area contributed by atoms with Gasteiger partial charge in [-0.15, -0.1) is 0 Å². The number of amides is 2. The Morgan fingerprint density at radius 2 is 1.61 bits per heavy atom. The van der Waals surface area contributed by atoms with Crippen LogP contribution in [0.3, 0.4) is 0 Å². The second-order valence-corrected chi connectivity index (χ2v) is 9.20. The van der Waals surface area contributed by atoms with E-state index in [2.05, 4.69) is 15.6 Å². The van der Waals surface area contributed by atoms with Crippen LogP contribution in [0, 0.1) is 0 Å². The fourth-order valence-corrected chi connectivity index (χ4v) is 3.91. The quantitative estimate of drug-likeness (QED) is 0.524. The van der Waals surface area contributed by atoms with Crippen LogP contribution in [0.1, 0.15) is 27.8 Å². The lowest BCUT2D eigenvalue weighted by Crippen LogP contribution is -2.23. The first kappa shape index (κ1) is 23.9. The molecule has 1 heterocycles. The highest BCUT2D eigenvalue weighted by molar-refractivity contribution is 7.89. The maximum absolute atomic E-state index is 12.7. The number of hydrogen-bond acceptors (Lipinski definition) is 6. The van der Waals surface area contributed by atoms with E-state index in [9.17, 15) is 18.0 Å². The molecular weight excluding hydrogens is 444 g/mol. The molecule has 0 saturated carbocycles. The van der Waals surface area contributed by atoms with Crippen LogP contribution >= 0.6 is 0 Å². The molecule has 2 amide bonds. The number of pyridine rings is 1. The van der Waals surface area contributed by atoms with E-state index in [1.165, 1.54) is 32.4 Å². The molecule has 3 rings (SSSR count). The molecule has 0 saturated heterocycles. The fraction of sp³-hybridized carbons (Fsp3) is 0.174. The Morgan fingerprint density at radius 3 is 2.21 bits per heavy atom. The van der Waals surface area contributed by atoms with Crippen LogP contribution in [0.15, 0.2) is 71.8 Å². The van der Waals surface area contributed by atoms with Gasteiger partial charge in [-0.2, -0.15) is 0 Å². The van der Waals surface area contributed by atoms with Gasteiger partial charge in [0.25, 0.3) is 11.8 Å². The van der Waals surface area contributed by atoms with Crippen molar-refractivity contribution >= 4 is 33.2 Å². The number of benzene rings is 2. The minimum atomic E-state index is -3.78. The summed E-state index contributed by atoms with van der Waals surface area (Å²) in [6.45, 7) is 2.05. The topological polar surface area (TPSA) is 118 Å². The average Bonchev–Trinajstić information content (AvgIpc) is 2.81. The third-order valence-electron chi connectivity index (χ3n) is 4.56. The lowest BCUT2D eigenvalue weighted by molar-refractivity contribution is 0.101. The van der Waals surface area contributed by atoms with Crippen molar-refractivity contribution in [3.05, 3.63) is 78.1 Å². The summed E-state index contributed by atoms with van der Waals surface area (Å²) in [5.41, 5.74) is 1.41. The SMILES string of the molecule is CCOc1ccc(NC(=O)c2ccc(NC(=O)c3ccccn3)cc2)cc1S(=O)(=O)N(C)C. The molecule has 0 atom stereocenters. The van der Waals surface area contributed by atoms with E-state index in [-0.39, 0.29) is 22.2 Å². The molecule has 33 heavy (non-hydrogen) atoms. The Kier molecular flexibility index (Phi) is 7.41. The van der Waals surface area contributed by atoms with Gasteiger partial charge in [-0.05, 0) is 61.5 Å². The first-order valence-electron chi connectivity index (χ1n) is 10.1. The van der Waals surface area contributed by atoms with Crippen molar-refractivity contribution < 1.29 is 22.7 Å². The van der Waals surface area contributed by atoms with Gasteiger partial charge >= 0.3 is 0 Å². The zero-order chi connectivity index (χ0) is 24.0. The number of nitrogens with zero attached hydrogens (tertiary/aromatic N) is 2. The molecule has 3 aromatic rings. The number of ether oxygens (including phenoxy) is 1. The summed E-state index contributed by atoms with van der Waals surface area (Å²) in [6, 6.07) is 15.7. The van der Waals surface area contributed by atoms with Crippen molar-refractivity contribution in [3.63, 3.8) is 0 Å². The van der Waals surface area contributed by atoms with E-state index < -0.39 is 15.9 Å². The summed E-state index contributed by atoms with van der Waals surface area (Å²) in [5, 5.41) is 5.40. The number of aromatic nitrogens is 1. The van der Waals surface area contributed by atoms with E-state index in [1.807, 2.05) is 0 Å². The lowest BCUT2D eigenvalue weighted by Gasteiger charge is -2.16. The predicted octanol–water partition coefficient (Wildman–Crippen LogP) is 3.24. The maximum atomic E-state index is 12.7. The predicted molar refractivity (Wildman–Crippen MR) is 125 cm³/mol. The van der Waals surface area contributed by atoms with Gasteiger partial charge in [-0.1, -0.05) is 6.07 Å². The van der Waals surface area contributed by atoms with Crippen LogP contribution in [-0.4, -0.2) is 50.2 Å². The first-order valence-corrected chi connectivity index (χ1v) is 11.5. The van der Waals surface area contributed by atoms with Crippen LogP contribution < -0.4 is 15.4 Å². The molecular formula is C23H24N4O5S. The highest BCUT2D eigenvalue weighted by Gasteiger charge is 2.23. The van der Waals surface area contributed by atoms with E-state index in [0.29, 0.717) is 23.5 Å². The molecule has 1 aromatic heterocycles. The molecule has 0 spiro atoms. The van der Waals surface area contributed by atoms with Crippen LogP contribution in [-0.2, 0) is 10.0 Å². The van der Waals surface area contributed by atoms with Crippen LogP contribution in [0.25, 0.3) is 0 Å². The Hall–Kier alpha value is -3.76. The molecule has 0 unspecified atom stereocenters. The molecule has 2 N–H and O–H groups in total. The second kappa shape index (κ2) is 10.2. The number of nitrogens with one attached hydrogen (secondary N) is 2. The van der Waals surface area contributed by atoms with Gasteiger partial charge in [-0.3, -0.25) is 14.6 Å². The summed E-state index contributed by atoms with van der Waals surface area (Å²) in [5.74, 6) is -0.594. The minimum absolute atomic E-state index is 0.0419. The molecule has 172 valence electrons. The largest absolute Gasteiger partial charge is 0.492 e. The Morgan fingerprint density at radius 1 is 0.939 bits per heavy atom. The van der Waals surface area contributed by atoms with Crippen molar-refractivity contribution in [2.24, 2.45) is 0 Å². The molecule has 0 aliphatic rings. The monoisotopic (exact) mass is 468 g/mol. The molecule has 0 radical (unpaired) electrons. The summed E-state index contributed by atoms with van der Waals surface area (Å²) >= 11 is 0.